The molecule has 0 unspecified atom stereocenters. The third kappa shape index (κ3) is 2.42. The van der Waals surface area contributed by atoms with Crippen molar-refractivity contribution in [2.75, 3.05) is 6.61 Å². The Kier molecular flexibility index (Phi) is 4.11. The normalized spacial score (nSPS) is 9.88. The Hall–Kier alpha value is -1.77. The first-order chi connectivity index (χ1) is 7.61. The van der Waals surface area contributed by atoms with E-state index in [0.717, 1.165) is 6.42 Å². The number of rotatable bonds is 5. The van der Waals surface area contributed by atoms with Gasteiger partial charge in [0.05, 0.1) is 6.61 Å². The number of phenols is 1. The summed E-state index contributed by atoms with van der Waals surface area (Å²) in [7, 11) is 0. The molecule has 3 heteroatoms. The molecule has 0 spiro atoms. The van der Waals surface area contributed by atoms with Crippen molar-refractivity contribution >= 4 is 5.78 Å². The van der Waals surface area contributed by atoms with Crippen molar-refractivity contribution in [3.05, 3.63) is 35.9 Å². The second-order valence-electron chi connectivity index (χ2n) is 3.50. The summed E-state index contributed by atoms with van der Waals surface area (Å²) >= 11 is 0. The van der Waals surface area contributed by atoms with Crippen LogP contribution in [0.5, 0.6) is 11.5 Å². The zero-order valence-corrected chi connectivity index (χ0v) is 9.62. The summed E-state index contributed by atoms with van der Waals surface area (Å²) in [5.41, 5.74) is 0.981. The minimum absolute atomic E-state index is 0.0288. The van der Waals surface area contributed by atoms with Gasteiger partial charge in [0.15, 0.2) is 17.3 Å². The van der Waals surface area contributed by atoms with Gasteiger partial charge in [0.25, 0.3) is 0 Å². The van der Waals surface area contributed by atoms with E-state index in [2.05, 4.69) is 6.58 Å². The minimum Gasteiger partial charge on any atom is -0.504 e. The van der Waals surface area contributed by atoms with Gasteiger partial charge in [0.2, 0.25) is 0 Å². The number of ether oxygens (including phenoxy) is 1. The van der Waals surface area contributed by atoms with Crippen LogP contribution in [0.1, 0.15) is 29.3 Å². The third-order valence-corrected chi connectivity index (χ3v) is 2.31. The smallest absolute Gasteiger partial charge is 0.185 e. The van der Waals surface area contributed by atoms with E-state index in [9.17, 15) is 9.90 Å². The van der Waals surface area contributed by atoms with Crippen LogP contribution in [0.3, 0.4) is 0 Å². The molecule has 0 bridgehead atoms. The molecule has 0 aliphatic rings. The molecule has 0 amide bonds. The fourth-order valence-electron chi connectivity index (χ4n) is 1.38. The maximum absolute atomic E-state index is 11.4. The van der Waals surface area contributed by atoms with Gasteiger partial charge in [-0.1, -0.05) is 13.5 Å². The lowest BCUT2D eigenvalue weighted by atomic mass is 10.0. The van der Waals surface area contributed by atoms with E-state index in [0.29, 0.717) is 23.5 Å². The molecule has 0 fully saturated rings. The van der Waals surface area contributed by atoms with Crippen molar-refractivity contribution in [1.82, 2.24) is 0 Å². The van der Waals surface area contributed by atoms with Gasteiger partial charge in [0, 0.05) is 11.1 Å². The molecule has 3 nitrogen and oxygen atoms in total. The van der Waals surface area contributed by atoms with Crippen molar-refractivity contribution in [1.29, 1.82) is 0 Å². The van der Waals surface area contributed by atoms with Crippen LogP contribution < -0.4 is 4.74 Å². The molecule has 0 saturated heterocycles. The van der Waals surface area contributed by atoms with Crippen LogP contribution >= 0.6 is 0 Å². The first kappa shape index (κ1) is 12.3. The van der Waals surface area contributed by atoms with E-state index in [-0.39, 0.29) is 11.5 Å². The zero-order chi connectivity index (χ0) is 12.1. The molecule has 0 radical (unpaired) electrons. The van der Waals surface area contributed by atoms with Crippen LogP contribution in [0.4, 0.5) is 0 Å². The van der Waals surface area contributed by atoms with Gasteiger partial charge in [-0.2, -0.15) is 0 Å². The lowest BCUT2D eigenvalue weighted by molar-refractivity contribution is 0.104. The molecule has 16 heavy (non-hydrogen) atoms. The van der Waals surface area contributed by atoms with E-state index in [4.69, 9.17) is 4.74 Å². The van der Waals surface area contributed by atoms with E-state index < -0.39 is 0 Å². The number of carbonyl (C=O) groups excluding carboxylic acids is 1. The van der Waals surface area contributed by atoms with Crippen molar-refractivity contribution in [2.45, 2.75) is 20.3 Å². The summed E-state index contributed by atoms with van der Waals surface area (Å²) in [6.45, 7) is 7.63. The molecule has 0 saturated carbocycles. The molecular weight excluding hydrogens is 204 g/mol. The van der Waals surface area contributed by atoms with Crippen LogP contribution in [0.2, 0.25) is 0 Å². The number of aromatic hydroxyl groups is 1. The number of ketones is 1. The molecule has 1 aromatic carbocycles. The molecular formula is C13H16O3. The van der Waals surface area contributed by atoms with Gasteiger partial charge < -0.3 is 9.84 Å². The van der Waals surface area contributed by atoms with Gasteiger partial charge in [-0.15, -0.1) is 0 Å². The van der Waals surface area contributed by atoms with Gasteiger partial charge in [0.1, 0.15) is 0 Å². The number of allylic oxidation sites excluding steroid dienone is 1. The summed E-state index contributed by atoms with van der Waals surface area (Å²) in [6.07, 6.45) is 2.10. The molecule has 0 aliphatic carbocycles. The van der Waals surface area contributed by atoms with Crippen LogP contribution in [0.15, 0.2) is 24.8 Å². The second kappa shape index (κ2) is 5.35. The molecule has 1 N–H and O–H groups in total. The summed E-state index contributed by atoms with van der Waals surface area (Å²) in [5, 5.41) is 9.84. The van der Waals surface area contributed by atoms with Gasteiger partial charge in [-0.25, -0.2) is 0 Å². The van der Waals surface area contributed by atoms with Crippen LogP contribution in [-0.4, -0.2) is 17.5 Å². The first-order valence-electron chi connectivity index (χ1n) is 5.24. The third-order valence-electron chi connectivity index (χ3n) is 2.31. The summed E-state index contributed by atoms with van der Waals surface area (Å²) < 4.78 is 5.35. The van der Waals surface area contributed by atoms with Crippen molar-refractivity contribution in [2.24, 2.45) is 0 Å². The highest BCUT2D eigenvalue weighted by Gasteiger charge is 2.13. The quantitative estimate of drug-likeness (QED) is 0.613. The Labute approximate surface area is 95.4 Å². The standard InChI is InChI=1S/C13H16O3/c1-4-8-16-12-7-6-10(11(14)5-2)9(3)13(12)15/h5-7,15H,2,4,8H2,1,3H3. The fraction of sp³-hybridized carbons (Fsp3) is 0.308. The van der Waals surface area contributed by atoms with E-state index in [1.165, 1.54) is 6.08 Å². The lowest BCUT2D eigenvalue weighted by Crippen LogP contribution is -2.01. The number of phenolic OH excluding ortho intramolecular Hbond substituents is 1. The Morgan fingerprint density at radius 2 is 2.25 bits per heavy atom. The first-order valence-corrected chi connectivity index (χ1v) is 5.24. The number of hydrogen-bond donors (Lipinski definition) is 1. The van der Waals surface area contributed by atoms with Crippen molar-refractivity contribution in [3.63, 3.8) is 0 Å². The van der Waals surface area contributed by atoms with E-state index in [1.54, 1.807) is 19.1 Å². The zero-order valence-electron chi connectivity index (χ0n) is 9.62. The molecule has 1 aromatic rings. The van der Waals surface area contributed by atoms with Gasteiger partial charge in [-0.05, 0) is 31.6 Å². The monoisotopic (exact) mass is 220 g/mol. The second-order valence-corrected chi connectivity index (χ2v) is 3.50. The summed E-state index contributed by atoms with van der Waals surface area (Å²) in [5.74, 6) is 0.246. The predicted octanol–water partition coefficient (Wildman–Crippen LogP) is 2.86. The average Bonchev–Trinajstić information content (AvgIpc) is 2.30. The Bertz CT molecular complexity index is 408. The van der Waals surface area contributed by atoms with Gasteiger partial charge in [-0.3, -0.25) is 4.79 Å². The minimum atomic E-state index is -0.199. The van der Waals surface area contributed by atoms with Crippen molar-refractivity contribution < 1.29 is 14.6 Å². The molecule has 0 aromatic heterocycles. The number of carbonyl (C=O) groups is 1. The van der Waals surface area contributed by atoms with Crippen LogP contribution in [-0.2, 0) is 0 Å². The fourth-order valence-corrected chi connectivity index (χ4v) is 1.38. The summed E-state index contributed by atoms with van der Waals surface area (Å²) in [4.78, 5) is 11.4. The van der Waals surface area contributed by atoms with E-state index >= 15 is 0 Å². The van der Waals surface area contributed by atoms with E-state index in [1.807, 2.05) is 6.92 Å². The van der Waals surface area contributed by atoms with Crippen molar-refractivity contribution in [3.8, 4) is 11.5 Å². The maximum Gasteiger partial charge on any atom is 0.185 e. The Morgan fingerprint density at radius 3 is 2.81 bits per heavy atom. The Morgan fingerprint density at radius 1 is 1.56 bits per heavy atom. The van der Waals surface area contributed by atoms with Gasteiger partial charge >= 0.3 is 0 Å². The average molecular weight is 220 g/mol. The molecule has 0 atom stereocenters. The Balaban J connectivity index is 3.07. The largest absolute Gasteiger partial charge is 0.504 e. The van der Waals surface area contributed by atoms with Crippen LogP contribution in [0.25, 0.3) is 0 Å². The summed E-state index contributed by atoms with van der Waals surface area (Å²) in [6, 6.07) is 3.25. The number of benzene rings is 1. The number of hydrogen-bond acceptors (Lipinski definition) is 3. The molecule has 0 aliphatic heterocycles. The van der Waals surface area contributed by atoms with Crippen LogP contribution in [0, 0.1) is 6.92 Å². The topological polar surface area (TPSA) is 46.5 Å². The lowest BCUT2D eigenvalue weighted by Gasteiger charge is -2.11. The predicted molar refractivity (Wildman–Crippen MR) is 63.2 cm³/mol. The highest BCUT2D eigenvalue weighted by atomic mass is 16.5. The molecule has 86 valence electrons. The maximum atomic E-state index is 11.4. The molecule has 0 heterocycles. The SMILES string of the molecule is C=CC(=O)c1ccc(OCCC)c(O)c1C. The molecule has 1 rings (SSSR count). The highest BCUT2D eigenvalue weighted by molar-refractivity contribution is 6.05. The highest BCUT2D eigenvalue weighted by Crippen LogP contribution is 2.32.